The molecular weight excluding hydrogens is 466 g/mol. The summed E-state index contributed by atoms with van der Waals surface area (Å²) >= 11 is 0. The molecule has 0 fully saturated rings. The largest absolute Gasteiger partial charge is 0.497 e. The number of hydrogen-bond donors (Lipinski definition) is 4. The topological polar surface area (TPSA) is 113 Å². The second-order valence-corrected chi connectivity index (χ2v) is 8.83. The molecule has 0 aliphatic rings. The van der Waals surface area contributed by atoms with Crippen LogP contribution in [0.5, 0.6) is 5.75 Å². The number of nitrogens with one attached hydrogen (secondary N) is 4. The fourth-order valence-electron chi connectivity index (χ4n) is 3.78. The van der Waals surface area contributed by atoms with Crippen LogP contribution in [0, 0.1) is 27.7 Å². The fraction of sp³-hybridized carbons (Fsp3) is 0.214. The van der Waals surface area contributed by atoms with E-state index < -0.39 is 0 Å². The molecule has 9 heteroatoms. The molecule has 37 heavy (non-hydrogen) atoms. The van der Waals surface area contributed by atoms with E-state index in [4.69, 9.17) is 4.74 Å². The van der Waals surface area contributed by atoms with Gasteiger partial charge in [-0.1, -0.05) is 41.5 Å². The number of rotatable bonds is 9. The van der Waals surface area contributed by atoms with E-state index in [2.05, 4.69) is 48.4 Å². The molecule has 0 saturated heterocycles. The molecule has 0 saturated carbocycles. The number of carbonyl (C=O) groups excluding carboxylic acids is 1. The van der Waals surface area contributed by atoms with Crippen LogP contribution in [-0.2, 0) is 4.79 Å². The Labute approximate surface area is 216 Å². The molecule has 0 aliphatic carbocycles. The summed E-state index contributed by atoms with van der Waals surface area (Å²) in [5.41, 5.74) is 6.87. The molecule has 0 spiro atoms. The van der Waals surface area contributed by atoms with Crippen LogP contribution in [0.15, 0.2) is 60.7 Å². The predicted molar refractivity (Wildman–Crippen MR) is 148 cm³/mol. The maximum Gasteiger partial charge on any atom is 0.243 e. The number of ether oxygens (including phenoxy) is 1. The van der Waals surface area contributed by atoms with E-state index in [1.165, 1.54) is 11.1 Å². The molecule has 9 nitrogen and oxygen atoms in total. The third kappa shape index (κ3) is 6.94. The molecule has 0 aliphatic heterocycles. The lowest BCUT2D eigenvalue weighted by atomic mass is 10.1. The number of anilines is 6. The molecule has 1 heterocycles. The normalized spacial score (nSPS) is 10.5. The standard InChI is InChI=1S/C28H31N7O2/c1-17-9-11-23(19(3)13-17)31-27-33-26(29-16-25(36)30-21-7-6-8-22(15-21)37-5)34-28(35-27)32-24-12-10-18(2)14-20(24)4/h6-15H,16H2,1-5H3,(H,30,36)(H3,29,31,32,33,34,35). The van der Waals surface area contributed by atoms with Gasteiger partial charge in [-0.25, -0.2) is 0 Å². The van der Waals surface area contributed by atoms with Gasteiger partial charge in [0.2, 0.25) is 23.8 Å². The molecule has 0 bridgehead atoms. The van der Waals surface area contributed by atoms with E-state index in [-0.39, 0.29) is 18.4 Å². The number of benzene rings is 3. The molecular formula is C28H31N7O2. The Balaban J connectivity index is 1.55. The van der Waals surface area contributed by atoms with Gasteiger partial charge in [-0.3, -0.25) is 4.79 Å². The number of carbonyl (C=O) groups is 1. The minimum absolute atomic E-state index is 0.0345. The number of aryl methyl sites for hydroxylation is 4. The SMILES string of the molecule is COc1cccc(NC(=O)CNc2nc(Nc3ccc(C)cc3C)nc(Nc3ccc(C)cc3C)n2)c1. The van der Waals surface area contributed by atoms with Crippen molar-refractivity contribution in [3.63, 3.8) is 0 Å². The summed E-state index contributed by atoms with van der Waals surface area (Å²) in [6, 6.07) is 19.3. The van der Waals surface area contributed by atoms with Crippen LogP contribution in [-0.4, -0.2) is 34.5 Å². The average molecular weight is 498 g/mol. The molecule has 4 aromatic rings. The lowest BCUT2D eigenvalue weighted by Gasteiger charge is -2.14. The van der Waals surface area contributed by atoms with Crippen molar-refractivity contribution in [2.24, 2.45) is 0 Å². The molecule has 4 rings (SSSR count). The van der Waals surface area contributed by atoms with E-state index in [9.17, 15) is 4.79 Å². The Hall–Kier alpha value is -4.66. The van der Waals surface area contributed by atoms with Crippen molar-refractivity contribution in [1.29, 1.82) is 0 Å². The highest BCUT2D eigenvalue weighted by molar-refractivity contribution is 5.93. The smallest absolute Gasteiger partial charge is 0.243 e. The molecule has 3 aromatic carbocycles. The zero-order valence-corrected chi connectivity index (χ0v) is 21.6. The Morgan fingerprint density at radius 1 is 0.757 bits per heavy atom. The van der Waals surface area contributed by atoms with Gasteiger partial charge in [-0.05, 0) is 63.1 Å². The maximum absolute atomic E-state index is 12.6. The second-order valence-electron chi connectivity index (χ2n) is 8.83. The van der Waals surface area contributed by atoms with Crippen LogP contribution in [0.3, 0.4) is 0 Å². The van der Waals surface area contributed by atoms with Crippen LogP contribution in [0.1, 0.15) is 22.3 Å². The van der Waals surface area contributed by atoms with Crippen molar-refractivity contribution in [3.05, 3.63) is 82.9 Å². The number of methoxy groups -OCH3 is 1. The van der Waals surface area contributed by atoms with Crippen molar-refractivity contribution in [2.75, 3.05) is 34.9 Å². The van der Waals surface area contributed by atoms with Crippen LogP contribution < -0.4 is 26.0 Å². The quantitative estimate of drug-likeness (QED) is 0.235. The van der Waals surface area contributed by atoms with Gasteiger partial charge in [-0.2, -0.15) is 15.0 Å². The van der Waals surface area contributed by atoms with Gasteiger partial charge in [0.1, 0.15) is 5.75 Å². The van der Waals surface area contributed by atoms with Gasteiger partial charge in [0.15, 0.2) is 0 Å². The fourth-order valence-corrected chi connectivity index (χ4v) is 3.78. The van der Waals surface area contributed by atoms with Crippen LogP contribution in [0.2, 0.25) is 0 Å². The Morgan fingerprint density at radius 2 is 1.32 bits per heavy atom. The van der Waals surface area contributed by atoms with Crippen LogP contribution >= 0.6 is 0 Å². The van der Waals surface area contributed by atoms with Gasteiger partial charge >= 0.3 is 0 Å². The summed E-state index contributed by atoms with van der Waals surface area (Å²) in [6.07, 6.45) is 0. The van der Waals surface area contributed by atoms with Gasteiger partial charge < -0.3 is 26.0 Å². The highest BCUT2D eigenvalue weighted by atomic mass is 16.5. The lowest BCUT2D eigenvalue weighted by Crippen LogP contribution is -2.23. The van der Waals surface area contributed by atoms with Crippen LogP contribution in [0.25, 0.3) is 0 Å². The average Bonchev–Trinajstić information content (AvgIpc) is 2.86. The predicted octanol–water partition coefficient (Wildman–Crippen LogP) is 5.65. The third-order valence-corrected chi connectivity index (χ3v) is 5.65. The summed E-state index contributed by atoms with van der Waals surface area (Å²) in [4.78, 5) is 26.1. The van der Waals surface area contributed by atoms with Crippen LogP contribution in [0.4, 0.5) is 34.9 Å². The second kappa shape index (κ2) is 11.4. The van der Waals surface area contributed by atoms with Crippen molar-refractivity contribution in [1.82, 2.24) is 15.0 Å². The molecule has 0 radical (unpaired) electrons. The number of nitrogens with zero attached hydrogens (tertiary/aromatic N) is 3. The summed E-state index contributed by atoms with van der Waals surface area (Å²) < 4.78 is 5.21. The van der Waals surface area contributed by atoms with E-state index in [0.717, 1.165) is 22.5 Å². The Morgan fingerprint density at radius 3 is 1.86 bits per heavy atom. The van der Waals surface area contributed by atoms with Gasteiger partial charge in [0.05, 0.1) is 13.7 Å². The first-order chi connectivity index (χ1) is 17.8. The molecule has 0 unspecified atom stereocenters. The highest BCUT2D eigenvalue weighted by Gasteiger charge is 2.12. The Bertz CT molecular complexity index is 1350. The number of hydrogen-bond acceptors (Lipinski definition) is 8. The first kappa shape index (κ1) is 25.4. The van der Waals surface area contributed by atoms with Crippen molar-refractivity contribution in [2.45, 2.75) is 27.7 Å². The minimum atomic E-state index is -0.249. The van der Waals surface area contributed by atoms with E-state index >= 15 is 0 Å². The number of aromatic nitrogens is 3. The van der Waals surface area contributed by atoms with Gasteiger partial charge in [-0.15, -0.1) is 0 Å². The first-order valence-electron chi connectivity index (χ1n) is 11.9. The summed E-state index contributed by atoms with van der Waals surface area (Å²) in [6.45, 7) is 8.10. The van der Waals surface area contributed by atoms with E-state index in [0.29, 0.717) is 23.3 Å². The zero-order valence-electron chi connectivity index (χ0n) is 21.6. The molecule has 4 N–H and O–H groups in total. The zero-order chi connectivity index (χ0) is 26.4. The lowest BCUT2D eigenvalue weighted by molar-refractivity contribution is -0.114. The van der Waals surface area contributed by atoms with E-state index in [1.54, 1.807) is 19.2 Å². The van der Waals surface area contributed by atoms with Gasteiger partial charge in [0.25, 0.3) is 0 Å². The molecule has 1 aromatic heterocycles. The highest BCUT2D eigenvalue weighted by Crippen LogP contribution is 2.24. The summed E-state index contributed by atoms with van der Waals surface area (Å²) in [5.74, 6) is 1.37. The van der Waals surface area contributed by atoms with Crippen molar-refractivity contribution >= 4 is 40.8 Å². The van der Waals surface area contributed by atoms with Crippen molar-refractivity contribution < 1.29 is 9.53 Å². The molecule has 190 valence electrons. The summed E-state index contributed by atoms with van der Waals surface area (Å²) in [7, 11) is 1.58. The maximum atomic E-state index is 12.6. The third-order valence-electron chi connectivity index (χ3n) is 5.65. The Kier molecular flexibility index (Phi) is 7.83. The summed E-state index contributed by atoms with van der Waals surface area (Å²) in [5, 5.41) is 12.4. The monoisotopic (exact) mass is 497 g/mol. The number of amides is 1. The molecule has 1 amide bonds. The first-order valence-corrected chi connectivity index (χ1v) is 11.9. The van der Waals surface area contributed by atoms with Crippen molar-refractivity contribution in [3.8, 4) is 5.75 Å². The molecule has 0 atom stereocenters. The van der Waals surface area contributed by atoms with Gasteiger partial charge in [0, 0.05) is 23.1 Å². The minimum Gasteiger partial charge on any atom is -0.497 e. The van der Waals surface area contributed by atoms with E-state index in [1.807, 2.05) is 64.1 Å².